The monoisotopic (exact) mass is 140 g/mol. The third kappa shape index (κ3) is 18.5. The van der Waals surface area contributed by atoms with Gasteiger partial charge in [-0.15, -0.1) is 0 Å². The highest BCUT2D eigenvalue weighted by molar-refractivity contribution is 4.91. The molecular formula is C6H11F3. The maximum absolute atomic E-state index is 11.3. The van der Waals surface area contributed by atoms with Gasteiger partial charge in [0, 0.05) is 0 Å². The van der Waals surface area contributed by atoms with E-state index in [0.717, 1.165) is 6.42 Å². The van der Waals surface area contributed by atoms with E-state index in [9.17, 15) is 13.2 Å². The number of rotatable bonds is 2. The van der Waals surface area contributed by atoms with E-state index in [4.69, 9.17) is 0 Å². The summed E-state index contributed by atoms with van der Waals surface area (Å²) in [6.07, 6.45) is 0.760. The van der Waals surface area contributed by atoms with Crippen molar-refractivity contribution >= 4 is 0 Å². The summed E-state index contributed by atoms with van der Waals surface area (Å²) in [7, 11) is 0. The van der Waals surface area contributed by atoms with Crippen LogP contribution >= 0.6 is 0 Å². The summed E-state index contributed by atoms with van der Waals surface area (Å²) in [5, 5.41) is 0. The molecule has 56 valence electrons. The summed E-state index contributed by atoms with van der Waals surface area (Å²) < 4.78 is 30.5. The molecule has 3 heteroatoms. The molecule has 0 spiro atoms. The Morgan fingerprint density at radius 2 is 1.67 bits per heavy atom. The molecule has 0 aromatic heterocycles. The summed E-state index contributed by atoms with van der Waals surface area (Å²) in [5.41, 5.74) is 0.676. The lowest BCUT2D eigenvalue weighted by molar-refractivity contribution is 0.295. The predicted octanol–water partition coefficient (Wildman–Crippen LogP) is 2.81. The van der Waals surface area contributed by atoms with Crippen LogP contribution in [0.3, 0.4) is 0 Å². The summed E-state index contributed by atoms with van der Waals surface area (Å²) in [6.45, 7) is 3.19. The second-order valence-electron chi connectivity index (χ2n) is 1.34. The van der Waals surface area contributed by atoms with Crippen LogP contribution in [0.5, 0.6) is 0 Å². The molecule has 0 nitrogen and oxygen atoms in total. The topological polar surface area (TPSA) is 0 Å². The van der Waals surface area contributed by atoms with E-state index >= 15 is 0 Å². The smallest absolute Gasteiger partial charge is 0.229 e. The molecular weight excluding hydrogens is 129 g/mol. The minimum Gasteiger partial charge on any atom is -0.246 e. The second kappa shape index (κ2) is 10.5. The van der Waals surface area contributed by atoms with Crippen LogP contribution in [0.4, 0.5) is 13.2 Å². The highest BCUT2D eigenvalue weighted by Crippen LogP contribution is 1.93. The first-order valence-corrected chi connectivity index (χ1v) is 2.57. The van der Waals surface area contributed by atoms with Crippen molar-refractivity contribution in [2.24, 2.45) is 0 Å². The molecule has 0 aromatic rings. The van der Waals surface area contributed by atoms with Crippen molar-refractivity contribution < 1.29 is 13.2 Å². The van der Waals surface area contributed by atoms with E-state index in [1.807, 2.05) is 6.92 Å². The van der Waals surface area contributed by atoms with E-state index in [0.29, 0.717) is 5.57 Å². The third-order valence-corrected chi connectivity index (χ3v) is 0.689. The molecule has 0 bridgehead atoms. The fourth-order valence-electron chi connectivity index (χ4n) is 0.0945. The molecule has 0 fully saturated rings. The zero-order valence-electron chi connectivity index (χ0n) is 5.46. The van der Waals surface area contributed by atoms with Gasteiger partial charge in [-0.05, 0) is 12.0 Å². The van der Waals surface area contributed by atoms with Crippen LogP contribution in [-0.4, -0.2) is 13.6 Å². The van der Waals surface area contributed by atoms with Gasteiger partial charge in [-0.2, -0.15) is 0 Å². The molecule has 0 aliphatic rings. The van der Waals surface area contributed by atoms with E-state index in [1.165, 1.54) is 0 Å². The number of halogens is 3. The summed E-state index contributed by atoms with van der Waals surface area (Å²) in [4.78, 5) is 0. The van der Waals surface area contributed by atoms with Gasteiger partial charge in [-0.3, -0.25) is 0 Å². The highest BCUT2D eigenvalue weighted by Gasteiger charge is 1.81. The van der Waals surface area contributed by atoms with Crippen molar-refractivity contribution in [1.29, 1.82) is 0 Å². The molecule has 0 aliphatic heterocycles. The summed E-state index contributed by atoms with van der Waals surface area (Å²) in [5.74, 6) is 0. The van der Waals surface area contributed by atoms with Crippen molar-refractivity contribution in [3.8, 4) is 0 Å². The van der Waals surface area contributed by atoms with Crippen molar-refractivity contribution in [3.05, 3.63) is 12.2 Å². The molecule has 0 rings (SSSR count). The normalized spacial score (nSPS) is 7.56. The number of hydrogen-bond acceptors (Lipinski definition) is 0. The summed E-state index contributed by atoms with van der Waals surface area (Å²) in [6, 6.07) is 0. The fourth-order valence-corrected chi connectivity index (χ4v) is 0.0945. The van der Waals surface area contributed by atoms with Crippen LogP contribution in [0, 0.1) is 0 Å². The average Bonchev–Trinajstić information content (AvgIpc) is 1.88. The molecule has 0 amide bonds. The Hall–Kier alpha value is -0.470. The molecule has 0 atom stereocenters. The first kappa shape index (κ1) is 11.3. The van der Waals surface area contributed by atoms with Crippen LogP contribution < -0.4 is 0 Å². The number of allylic oxidation sites excluding steroid dienone is 1. The molecule has 0 radical (unpaired) electrons. The van der Waals surface area contributed by atoms with Crippen LogP contribution in [-0.2, 0) is 0 Å². The van der Waals surface area contributed by atoms with Crippen molar-refractivity contribution in [2.45, 2.75) is 13.3 Å². The molecule has 0 saturated carbocycles. The molecule has 0 saturated heterocycles. The standard InChI is InChI=1S/C5H9F.CH2F2/c1-3-5(2)4-6;2-1-3/h2-4H2,1H3;1H2. The van der Waals surface area contributed by atoms with Crippen LogP contribution in [0.15, 0.2) is 12.2 Å². The molecule has 0 unspecified atom stereocenters. The Balaban J connectivity index is 0. The average molecular weight is 140 g/mol. The lowest BCUT2D eigenvalue weighted by Gasteiger charge is -1.86. The van der Waals surface area contributed by atoms with Crippen LogP contribution in [0.25, 0.3) is 0 Å². The quantitative estimate of drug-likeness (QED) is 0.517. The second-order valence-corrected chi connectivity index (χ2v) is 1.34. The van der Waals surface area contributed by atoms with Crippen molar-refractivity contribution in [2.75, 3.05) is 13.6 Å². The first-order valence-electron chi connectivity index (χ1n) is 2.57. The highest BCUT2D eigenvalue weighted by atomic mass is 19.3. The summed E-state index contributed by atoms with van der Waals surface area (Å²) >= 11 is 0. The van der Waals surface area contributed by atoms with Gasteiger partial charge in [0.2, 0.25) is 6.93 Å². The predicted molar refractivity (Wildman–Crippen MR) is 32.5 cm³/mol. The van der Waals surface area contributed by atoms with Crippen LogP contribution in [0.2, 0.25) is 0 Å². The van der Waals surface area contributed by atoms with E-state index in [2.05, 4.69) is 6.58 Å². The van der Waals surface area contributed by atoms with E-state index < -0.39 is 6.93 Å². The zero-order chi connectivity index (χ0) is 7.70. The fraction of sp³-hybridized carbons (Fsp3) is 0.667. The Morgan fingerprint density at radius 1 is 1.33 bits per heavy atom. The van der Waals surface area contributed by atoms with E-state index in [1.54, 1.807) is 0 Å². The Labute approximate surface area is 53.4 Å². The van der Waals surface area contributed by atoms with Crippen molar-refractivity contribution in [1.82, 2.24) is 0 Å². The Kier molecular flexibility index (Phi) is 13.2. The molecule has 0 aromatic carbocycles. The Bertz CT molecular complexity index is 55.3. The lowest BCUT2D eigenvalue weighted by atomic mass is 10.3. The molecule has 0 heterocycles. The van der Waals surface area contributed by atoms with E-state index in [-0.39, 0.29) is 6.67 Å². The van der Waals surface area contributed by atoms with Gasteiger partial charge in [0.05, 0.1) is 0 Å². The van der Waals surface area contributed by atoms with Gasteiger partial charge in [-0.25, -0.2) is 13.2 Å². The first-order chi connectivity index (χ1) is 4.22. The third-order valence-electron chi connectivity index (χ3n) is 0.689. The van der Waals surface area contributed by atoms with Crippen LogP contribution in [0.1, 0.15) is 13.3 Å². The minimum absolute atomic E-state index is 0.365. The van der Waals surface area contributed by atoms with Crippen molar-refractivity contribution in [3.63, 3.8) is 0 Å². The van der Waals surface area contributed by atoms with Gasteiger partial charge < -0.3 is 0 Å². The lowest BCUT2D eigenvalue weighted by Crippen LogP contribution is -1.75. The van der Waals surface area contributed by atoms with Gasteiger partial charge in [0.1, 0.15) is 6.67 Å². The van der Waals surface area contributed by atoms with Gasteiger partial charge in [0.25, 0.3) is 0 Å². The van der Waals surface area contributed by atoms with Gasteiger partial charge >= 0.3 is 0 Å². The number of hydrogen-bond donors (Lipinski definition) is 0. The van der Waals surface area contributed by atoms with Gasteiger partial charge in [-0.1, -0.05) is 13.5 Å². The minimum atomic E-state index is -1.75. The molecule has 0 N–H and O–H groups in total. The maximum Gasteiger partial charge on any atom is 0.229 e. The zero-order valence-corrected chi connectivity index (χ0v) is 5.46. The molecule has 9 heavy (non-hydrogen) atoms. The Morgan fingerprint density at radius 3 is 1.67 bits per heavy atom. The number of alkyl halides is 3. The maximum atomic E-state index is 11.3. The largest absolute Gasteiger partial charge is 0.246 e. The van der Waals surface area contributed by atoms with Gasteiger partial charge in [0.15, 0.2) is 0 Å². The SMILES string of the molecule is C=C(CC)CF.FCF. The molecule has 0 aliphatic carbocycles.